The molecule has 114 valence electrons. The zero-order valence-electron chi connectivity index (χ0n) is 13.1. The molecule has 21 heavy (non-hydrogen) atoms. The van der Waals surface area contributed by atoms with E-state index in [0.29, 0.717) is 6.42 Å². The molecular weight excluding hydrogens is 265 g/mol. The third kappa shape index (κ3) is 4.39. The van der Waals surface area contributed by atoms with Gasteiger partial charge in [-0.1, -0.05) is 25.1 Å². The van der Waals surface area contributed by atoms with E-state index in [9.17, 15) is 4.39 Å². The number of hydrogen-bond donors (Lipinski definition) is 1. The largest absolute Gasteiger partial charge is 0.313 e. The van der Waals surface area contributed by atoms with Crippen molar-refractivity contribution in [2.45, 2.75) is 39.2 Å². The Kier molecular flexibility index (Phi) is 5.51. The second kappa shape index (κ2) is 7.36. The third-order valence-electron chi connectivity index (χ3n) is 3.66. The molecule has 0 radical (unpaired) electrons. The lowest BCUT2D eigenvalue weighted by Crippen LogP contribution is -2.34. The van der Waals surface area contributed by atoms with Gasteiger partial charge in [0.1, 0.15) is 5.82 Å². The lowest BCUT2D eigenvalue weighted by atomic mass is 10.0. The first-order valence-corrected chi connectivity index (χ1v) is 7.56. The smallest absolute Gasteiger partial charge is 0.126 e. The molecule has 0 bridgehead atoms. The molecular formula is C17H24FN3. The summed E-state index contributed by atoms with van der Waals surface area (Å²) in [4.78, 5) is 0. The normalized spacial score (nSPS) is 12.6. The quantitative estimate of drug-likeness (QED) is 0.849. The van der Waals surface area contributed by atoms with Gasteiger partial charge in [0.2, 0.25) is 0 Å². The van der Waals surface area contributed by atoms with Crippen LogP contribution in [-0.4, -0.2) is 22.4 Å². The zero-order valence-corrected chi connectivity index (χ0v) is 13.1. The molecule has 0 saturated carbocycles. The summed E-state index contributed by atoms with van der Waals surface area (Å²) in [6.45, 7) is 5.08. The van der Waals surface area contributed by atoms with Crippen molar-refractivity contribution in [3.63, 3.8) is 0 Å². The Bertz CT molecular complexity index is 577. The van der Waals surface area contributed by atoms with Crippen LogP contribution in [0.5, 0.6) is 0 Å². The molecule has 0 aliphatic heterocycles. The summed E-state index contributed by atoms with van der Waals surface area (Å²) < 4.78 is 15.8. The second-order valence-corrected chi connectivity index (χ2v) is 5.55. The van der Waals surface area contributed by atoms with Gasteiger partial charge < -0.3 is 5.32 Å². The molecule has 0 aliphatic carbocycles. The molecule has 1 heterocycles. The van der Waals surface area contributed by atoms with Crippen molar-refractivity contribution in [1.29, 1.82) is 0 Å². The van der Waals surface area contributed by atoms with Crippen LogP contribution in [0.25, 0.3) is 0 Å². The highest BCUT2D eigenvalue weighted by Gasteiger charge is 2.14. The fraction of sp³-hybridized carbons (Fsp3) is 0.471. The third-order valence-corrected chi connectivity index (χ3v) is 3.66. The molecule has 0 saturated heterocycles. The molecule has 0 fully saturated rings. The zero-order chi connectivity index (χ0) is 15.2. The van der Waals surface area contributed by atoms with Crippen LogP contribution >= 0.6 is 0 Å². The highest BCUT2D eigenvalue weighted by molar-refractivity contribution is 5.19. The van der Waals surface area contributed by atoms with E-state index in [0.717, 1.165) is 30.6 Å². The van der Waals surface area contributed by atoms with Crippen LogP contribution in [0.15, 0.2) is 30.3 Å². The molecule has 1 unspecified atom stereocenters. The van der Waals surface area contributed by atoms with Crippen molar-refractivity contribution in [2.75, 3.05) is 6.54 Å². The average Bonchev–Trinajstić information content (AvgIpc) is 2.76. The van der Waals surface area contributed by atoms with Crippen molar-refractivity contribution in [1.82, 2.24) is 15.1 Å². The van der Waals surface area contributed by atoms with E-state index in [1.54, 1.807) is 6.07 Å². The lowest BCUT2D eigenvalue weighted by molar-refractivity contribution is 0.480. The summed E-state index contributed by atoms with van der Waals surface area (Å²) in [6.07, 6.45) is 2.61. The fourth-order valence-electron chi connectivity index (χ4n) is 2.60. The first-order valence-electron chi connectivity index (χ1n) is 7.56. The highest BCUT2D eigenvalue weighted by Crippen LogP contribution is 2.13. The first kappa shape index (κ1) is 15.7. The van der Waals surface area contributed by atoms with Gasteiger partial charge in [-0.25, -0.2) is 4.39 Å². The van der Waals surface area contributed by atoms with E-state index >= 15 is 0 Å². The number of aryl methyl sites for hydroxylation is 2. The highest BCUT2D eigenvalue weighted by atomic mass is 19.1. The summed E-state index contributed by atoms with van der Waals surface area (Å²) in [5, 5.41) is 7.91. The van der Waals surface area contributed by atoms with Gasteiger partial charge in [0.15, 0.2) is 0 Å². The van der Waals surface area contributed by atoms with Crippen LogP contribution in [-0.2, 0) is 19.9 Å². The SMILES string of the molecule is CCCNC(Cc1ccccc1F)Cc1cc(C)nn1C. The van der Waals surface area contributed by atoms with Crippen molar-refractivity contribution in [2.24, 2.45) is 7.05 Å². The Morgan fingerprint density at radius 1 is 1.29 bits per heavy atom. The van der Waals surface area contributed by atoms with Crippen LogP contribution in [0, 0.1) is 12.7 Å². The van der Waals surface area contributed by atoms with Gasteiger partial charge in [0, 0.05) is 25.2 Å². The fourth-order valence-corrected chi connectivity index (χ4v) is 2.60. The number of benzene rings is 1. The predicted molar refractivity (Wildman–Crippen MR) is 83.8 cm³/mol. The Morgan fingerprint density at radius 3 is 2.67 bits per heavy atom. The average molecular weight is 289 g/mol. The lowest BCUT2D eigenvalue weighted by Gasteiger charge is -2.19. The molecule has 3 nitrogen and oxygen atoms in total. The predicted octanol–water partition coefficient (Wildman–Crippen LogP) is 3.02. The molecule has 2 aromatic rings. The summed E-state index contributed by atoms with van der Waals surface area (Å²) in [6, 6.07) is 9.34. The first-order chi connectivity index (χ1) is 10.1. The minimum absolute atomic E-state index is 0.123. The van der Waals surface area contributed by atoms with Gasteiger partial charge in [-0.15, -0.1) is 0 Å². The van der Waals surface area contributed by atoms with Crippen molar-refractivity contribution < 1.29 is 4.39 Å². The van der Waals surface area contributed by atoms with Gasteiger partial charge in [-0.05, 0) is 44.0 Å². The maximum Gasteiger partial charge on any atom is 0.126 e. The van der Waals surface area contributed by atoms with E-state index < -0.39 is 0 Å². The molecule has 1 N–H and O–H groups in total. The van der Waals surface area contributed by atoms with Crippen LogP contribution in [0.1, 0.15) is 30.3 Å². The summed E-state index contributed by atoms with van der Waals surface area (Å²) >= 11 is 0. The van der Waals surface area contributed by atoms with Crippen molar-refractivity contribution >= 4 is 0 Å². The van der Waals surface area contributed by atoms with E-state index in [-0.39, 0.29) is 11.9 Å². The van der Waals surface area contributed by atoms with Crippen LogP contribution in [0.3, 0.4) is 0 Å². The van der Waals surface area contributed by atoms with Gasteiger partial charge in [-0.2, -0.15) is 5.10 Å². The minimum atomic E-state index is -0.123. The number of rotatable bonds is 7. The van der Waals surface area contributed by atoms with E-state index in [4.69, 9.17) is 0 Å². The molecule has 4 heteroatoms. The molecule has 0 spiro atoms. The number of hydrogen-bond acceptors (Lipinski definition) is 2. The van der Waals surface area contributed by atoms with Crippen LogP contribution < -0.4 is 5.32 Å². The number of aromatic nitrogens is 2. The molecule has 1 atom stereocenters. The standard InChI is InChI=1S/C17H24FN3/c1-4-9-19-15(11-14-7-5-6-8-17(14)18)12-16-10-13(2)20-21(16)3/h5-8,10,15,19H,4,9,11-12H2,1-3H3. The number of nitrogens with zero attached hydrogens (tertiary/aromatic N) is 2. The van der Waals surface area contributed by atoms with Gasteiger partial charge >= 0.3 is 0 Å². The molecule has 0 amide bonds. The molecule has 1 aromatic heterocycles. The van der Waals surface area contributed by atoms with Gasteiger partial charge in [-0.3, -0.25) is 4.68 Å². The monoisotopic (exact) mass is 289 g/mol. The van der Waals surface area contributed by atoms with Gasteiger partial charge in [0.25, 0.3) is 0 Å². The summed E-state index contributed by atoms with van der Waals surface area (Å²) in [5.41, 5.74) is 2.97. The number of halogens is 1. The molecule has 0 aliphatic rings. The number of nitrogens with one attached hydrogen (secondary N) is 1. The Hall–Kier alpha value is -1.68. The summed E-state index contributed by atoms with van der Waals surface area (Å²) in [5.74, 6) is -0.123. The van der Waals surface area contributed by atoms with Crippen molar-refractivity contribution in [3.05, 3.63) is 53.1 Å². The summed E-state index contributed by atoms with van der Waals surface area (Å²) in [7, 11) is 1.96. The van der Waals surface area contributed by atoms with E-state index in [2.05, 4.69) is 23.4 Å². The van der Waals surface area contributed by atoms with E-state index in [1.165, 1.54) is 11.8 Å². The van der Waals surface area contributed by atoms with E-state index in [1.807, 2.05) is 30.8 Å². The topological polar surface area (TPSA) is 29.9 Å². The van der Waals surface area contributed by atoms with Crippen LogP contribution in [0.4, 0.5) is 4.39 Å². The Balaban J connectivity index is 2.11. The maximum atomic E-state index is 13.8. The van der Waals surface area contributed by atoms with Crippen LogP contribution in [0.2, 0.25) is 0 Å². The molecule has 1 aromatic carbocycles. The Morgan fingerprint density at radius 2 is 2.05 bits per heavy atom. The maximum absolute atomic E-state index is 13.8. The van der Waals surface area contributed by atoms with Gasteiger partial charge in [0.05, 0.1) is 5.69 Å². The Labute approximate surface area is 126 Å². The minimum Gasteiger partial charge on any atom is -0.313 e. The molecule has 2 rings (SSSR count). The van der Waals surface area contributed by atoms with Crippen molar-refractivity contribution in [3.8, 4) is 0 Å². The second-order valence-electron chi connectivity index (χ2n) is 5.55.